The molecule has 0 saturated heterocycles. The summed E-state index contributed by atoms with van der Waals surface area (Å²) in [6.45, 7) is 2.10. The number of carbonyl (C=O) groups excluding carboxylic acids is 1. The van der Waals surface area contributed by atoms with Gasteiger partial charge in [0.2, 0.25) is 0 Å². The zero-order chi connectivity index (χ0) is 17.8. The number of nitrogens with two attached hydrogens (primary N) is 2. The number of ketones is 1. The van der Waals surface area contributed by atoms with Crippen LogP contribution in [0.2, 0.25) is 0 Å². The first-order chi connectivity index (χ1) is 10.8. The van der Waals surface area contributed by atoms with Crippen molar-refractivity contribution in [1.82, 2.24) is 0 Å². The van der Waals surface area contributed by atoms with Crippen molar-refractivity contribution >= 4 is 39.3 Å². The van der Waals surface area contributed by atoms with E-state index in [1.807, 2.05) is 0 Å². The number of rotatable bonds is 14. The summed E-state index contributed by atoms with van der Waals surface area (Å²) in [4.78, 5) is 33.9. The zero-order valence-electron chi connectivity index (χ0n) is 13.3. The molecule has 6 N–H and O–H groups in total. The lowest BCUT2D eigenvalue weighted by Gasteiger charge is -2.19. The predicted octanol–water partition coefficient (Wildman–Crippen LogP) is 1.49. The molecule has 9 heteroatoms. The van der Waals surface area contributed by atoms with Crippen LogP contribution in [-0.4, -0.2) is 51.0 Å². The Hall–Kier alpha value is -0.770. The maximum atomic E-state index is 12.2. The predicted molar refractivity (Wildman–Crippen MR) is 93.4 cm³/mol. The van der Waals surface area contributed by atoms with Gasteiger partial charge in [0.25, 0.3) is 0 Å². The maximum absolute atomic E-state index is 12.2. The third-order valence-electron chi connectivity index (χ3n) is 3.19. The fraction of sp³-hybridized carbons (Fsp3) is 0.786. The van der Waals surface area contributed by atoms with E-state index in [0.29, 0.717) is 6.42 Å². The quantitative estimate of drug-likeness (QED) is 0.265. The highest BCUT2D eigenvalue weighted by atomic mass is 33.1. The normalized spacial score (nSPS) is 14.9. The first-order valence-electron chi connectivity index (χ1n) is 7.59. The van der Waals surface area contributed by atoms with Gasteiger partial charge in [-0.3, -0.25) is 14.4 Å². The van der Waals surface area contributed by atoms with Gasteiger partial charge in [0, 0.05) is 12.2 Å². The van der Waals surface area contributed by atoms with Crippen molar-refractivity contribution in [3.05, 3.63) is 0 Å². The van der Waals surface area contributed by atoms with Crippen LogP contribution in [-0.2, 0) is 14.4 Å². The standard InChI is InChI=1S/C14H26N2O5S2/c1-2-3-4-5-6-7-10(17)12(11(16)14(20)21)23-22-8-9(15)13(18)19/h9,11-12H,2-8,15-16H2,1H3,(H,18,19)(H,20,21)/t9-,11-,12?/m0/s1. The average molecular weight is 367 g/mol. The van der Waals surface area contributed by atoms with Crippen LogP contribution in [0.3, 0.4) is 0 Å². The highest BCUT2D eigenvalue weighted by Gasteiger charge is 2.31. The number of hydrogen-bond acceptors (Lipinski definition) is 7. The number of carboxylic acids is 2. The molecule has 0 spiro atoms. The topological polar surface area (TPSA) is 144 Å². The Kier molecular flexibility index (Phi) is 12.2. The summed E-state index contributed by atoms with van der Waals surface area (Å²) in [7, 11) is 2.06. The van der Waals surface area contributed by atoms with Gasteiger partial charge in [0.05, 0.1) is 5.25 Å². The van der Waals surface area contributed by atoms with Crippen LogP contribution < -0.4 is 11.5 Å². The van der Waals surface area contributed by atoms with Crippen LogP contribution in [0.15, 0.2) is 0 Å². The van der Waals surface area contributed by atoms with Gasteiger partial charge >= 0.3 is 11.9 Å². The minimum absolute atomic E-state index is 0.0760. The molecule has 0 saturated carbocycles. The van der Waals surface area contributed by atoms with Crippen molar-refractivity contribution in [3.8, 4) is 0 Å². The fourth-order valence-electron chi connectivity index (χ4n) is 1.75. The molecule has 0 aliphatic rings. The van der Waals surface area contributed by atoms with Gasteiger partial charge in [-0.1, -0.05) is 54.2 Å². The molecule has 7 nitrogen and oxygen atoms in total. The Morgan fingerprint density at radius 1 is 1.00 bits per heavy atom. The minimum atomic E-state index is -1.31. The number of carbonyl (C=O) groups is 3. The Morgan fingerprint density at radius 2 is 1.61 bits per heavy atom. The molecular weight excluding hydrogens is 340 g/mol. The van der Waals surface area contributed by atoms with Gasteiger partial charge in [0.1, 0.15) is 17.9 Å². The lowest BCUT2D eigenvalue weighted by atomic mass is 10.0. The van der Waals surface area contributed by atoms with Crippen molar-refractivity contribution < 1.29 is 24.6 Å². The fourth-order valence-corrected chi connectivity index (χ4v) is 4.52. The van der Waals surface area contributed by atoms with Crippen LogP contribution in [0.5, 0.6) is 0 Å². The molecule has 0 aliphatic carbocycles. The van der Waals surface area contributed by atoms with Crippen LogP contribution in [0.25, 0.3) is 0 Å². The molecule has 0 aromatic carbocycles. The van der Waals surface area contributed by atoms with E-state index in [-0.39, 0.29) is 18.0 Å². The van der Waals surface area contributed by atoms with Crippen molar-refractivity contribution in [3.63, 3.8) is 0 Å². The number of aliphatic carboxylic acids is 2. The molecule has 0 rings (SSSR count). The van der Waals surface area contributed by atoms with Crippen molar-refractivity contribution in [2.75, 3.05) is 5.75 Å². The molecule has 0 amide bonds. The second kappa shape index (κ2) is 12.6. The van der Waals surface area contributed by atoms with Crippen LogP contribution in [0.1, 0.15) is 45.4 Å². The third-order valence-corrected chi connectivity index (χ3v) is 6.03. The molecule has 0 aliphatic heterocycles. The van der Waals surface area contributed by atoms with Gasteiger partial charge in [-0.25, -0.2) is 0 Å². The van der Waals surface area contributed by atoms with Crippen LogP contribution in [0.4, 0.5) is 0 Å². The molecule has 23 heavy (non-hydrogen) atoms. The SMILES string of the molecule is CCCCCCCC(=O)C(SSC[C@H](N)C(=O)O)[C@H](N)C(=O)O. The van der Waals surface area contributed by atoms with Gasteiger partial charge in [-0.05, 0) is 6.42 Å². The highest BCUT2D eigenvalue weighted by Crippen LogP contribution is 2.30. The second-order valence-corrected chi connectivity index (χ2v) is 7.79. The Balaban J connectivity index is 4.41. The van der Waals surface area contributed by atoms with Crippen LogP contribution >= 0.6 is 21.6 Å². The van der Waals surface area contributed by atoms with E-state index in [4.69, 9.17) is 21.7 Å². The second-order valence-electron chi connectivity index (χ2n) is 5.24. The lowest BCUT2D eigenvalue weighted by molar-refractivity contribution is -0.140. The van der Waals surface area contributed by atoms with E-state index < -0.39 is 29.3 Å². The molecule has 0 radical (unpaired) electrons. The molecule has 0 bridgehead atoms. The number of carboxylic acid groups (broad SMARTS) is 2. The maximum Gasteiger partial charge on any atom is 0.322 e. The highest BCUT2D eigenvalue weighted by molar-refractivity contribution is 8.77. The van der Waals surface area contributed by atoms with Crippen LogP contribution in [0, 0.1) is 0 Å². The molecule has 3 atom stereocenters. The molecule has 0 aromatic heterocycles. The molecule has 0 aromatic rings. The van der Waals surface area contributed by atoms with E-state index in [1.165, 1.54) is 0 Å². The Morgan fingerprint density at radius 3 is 2.13 bits per heavy atom. The summed E-state index contributed by atoms with van der Waals surface area (Å²) in [5.74, 6) is -2.52. The number of hydrogen-bond donors (Lipinski definition) is 4. The smallest absolute Gasteiger partial charge is 0.322 e. The number of Topliss-reactive ketones (excluding diaryl/α,β-unsaturated/α-hetero) is 1. The molecular formula is C14H26N2O5S2. The summed E-state index contributed by atoms with van der Waals surface area (Å²) < 4.78 is 0. The van der Waals surface area contributed by atoms with Gasteiger partial charge in [0.15, 0.2) is 0 Å². The summed E-state index contributed by atoms with van der Waals surface area (Å²) in [5.41, 5.74) is 11.0. The minimum Gasteiger partial charge on any atom is -0.480 e. The van der Waals surface area contributed by atoms with E-state index in [2.05, 4.69) is 6.92 Å². The van der Waals surface area contributed by atoms with E-state index in [0.717, 1.165) is 47.3 Å². The molecule has 0 fully saturated rings. The Bertz CT molecular complexity index is 395. The molecule has 1 unspecified atom stereocenters. The largest absolute Gasteiger partial charge is 0.480 e. The van der Waals surface area contributed by atoms with Crippen molar-refractivity contribution in [1.29, 1.82) is 0 Å². The van der Waals surface area contributed by atoms with Gasteiger partial charge in [-0.15, -0.1) is 0 Å². The summed E-state index contributed by atoms with van der Waals surface area (Å²) >= 11 is 0. The van der Waals surface area contributed by atoms with Gasteiger partial charge in [-0.2, -0.15) is 0 Å². The van der Waals surface area contributed by atoms with Gasteiger partial charge < -0.3 is 21.7 Å². The van der Waals surface area contributed by atoms with Crippen molar-refractivity contribution in [2.24, 2.45) is 11.5 Å². The third kappa shape index (κ3) is 9.85. The van der Waals surface area contributed by atoms with E-state index in [1.54, 1.807) is 0 Å². The van der Waals surface area contributed by atoms with E-state index >= 15 is 0 Å². The first kappa shape index (κ1) is 22.2. The summed E-state index contributed by atoms with van der Waals surface area (Å²) in [6.07, 6.45) is 5.20. The molecule has 134 valence electrons. The summed E-state index contributed by atoms with van der Waals surface area (Å²) in [6, 6.07) is -2.37. The Labute approximate surface area is 144 Å². The van der Waals surface area contributed by atoms with Crippen molar-refractivity contribution in [2.45, 2.75) is 62.8 Å². The van der Waals surface area contributed by atoms with E-state index in [9.17, 15) is 14.4 Å². The summed E-state index contributed by atoms with van der Waals surface area (Å²) in [5, 5.41) is 16.8. The lowest BCUT2D eigenvalue weighted by Crippen LogP contribution is -2.44. The average Bonchev–Trinajstić information content (AvgIpc) is 2.50. The zero-order valence-corrected chi connectivity index (χ0v) is 14.9. The monoisotopic (exact) mass is 366 g/mol. The first-order valence-corrected chi connectivity index (χ1v) is 9.97. The number of unbranched alkanes of at least 4 members (excludes halogenated alkanes) is 4. The molecule has 0 heterocycles.